The summed E-state index contributed by atoms with van der Waals surface area (Å²) in [5.41, 5.74) is 4.79. The molecule has 0 aliphatic carbocycles. The van der Waals surface area contributed by atoms with Gasteiger partial charge >= 0.3 is 5.97 Å². The summed E-state index contributed by atoms with van der Waals surface area (Å²) in [6, 6.07) is 4.22. The smallest absolute Gasteiger partial charge is 0.351 e. The average Bonchev–Trinajstić information content (AvgIpc) is 2.21. The number of rotatable bonds is 3. The molecule has 0 heterocycles. The number of carbonyl (C=O) groups excluding carboxylic acids is 1. The molecule has 0 radical (unpaired) electrons. The van der Waals surface area contributed by atoms with Crippen molar-refractivity contribution < 1.29 is 14.7 Å². The monoisotopic (exact) mass is 259 g/mol. The summed E-state index contributed by atoms with van der Waals surface area (Å²) in [6.45, 7) is 0. The van der Waals surface area contributed by atoms with Crippen molar-refractivity contribution in [2.24, 2.45) is 5.73 Å². The van der Waals surface area contributed by atoms with Gasteiger partial charge in [0.15, 0.2) is 5.78 Å². The molecule has 84 valence electrons. The van der Waals surface area contributed by atoms with E-state index in [1.165, 1.54) is 18.2 Å². The van der Waals surface area contributed by atoms with Crippen molar-refractivity contribution in [3.05, 3.63) is 45.6 Å². The van der Waals surface area contributed by atoms with Gasteiger partial charge in [-0.15, -0.1) is 0 Å². The Bertz CT molecular complexity index is 483. The van der Waals surface area contributed by atoms with E-state index in [0.717, 1.165) is 6.08 Å². The van der Waals surface area contributed by atoms with Gasteiger partial charge in [-0.1, -0.05) is 23.2 Å². The lowest BCUT2D eigenvalue weighted by molar-refractivity contribution is -0.132. The van der Waals surface area contributed by atoms with Gasteiger partial charge in [-0.2, -0.15) is 0 Å². The third-order valence-corrected chi connectivity index (χ3v) is 2.48. The quantitative estimate of drug-likeness (QED) is 0.644. The van der Waals surface area contributed by atoms with Crippen molar-refractivity contribution in [3.8, 4) is 0 Å². The van der Waals surface area contributed by atoms with Crippen molar-refractivity contribution in [2.75, 3.05) is 0 Å². The zero-order chi connectivity index (χ0) is 12.3. The van der Waals surface area contributed by atoms with Gasteiger partial charge < -0.3 is 10.8 Å². The number of nitrogens with two attached hydrogens (primary N) is 1. The van der Waals surface area contributed by atoms with Crippen LogP contribution in [-0.2, 0) is 4.79 Å². The minimum absolute atomic E-state index is 0.217. The second-order valence-electron chi connectivity index (χ2n) is 2.90. The molecule has 0 aromatic heterocycles. The number of halogens is 2. The first-order valence-electron chi connectivity index (χ1n) is 4.11. The molecule has 1 rings (SSSR count). The molecule has 0 atom stereocenters. The maximum Gasteiger partial charge on any atom is 0.351 e. The number of carboxylic acid groups (broad SMARTS) is 1. The molecular formula is C10H7Cl2NO3. The summed E-state index contributed by atoms with van der Waals surface area (Å²) in [5, 5.41) is 9.01. The lowest BCUT2D eigenvalue weighted by atomic mass is 10.1. The molecule has 0 fully saturated rings. The molecule has 16 heavy (non-hydrogen) atoms. The van der Waals surface area contributed by atoms with E-state index in [4.69, 9.17) is 34.0 Å². The van der Waals surface area contributed by atoms with Gasteiger partial charge in [0.2, 0.25) is 0 Å². The normalized spacial score (nSPS) is 11.2. The molecule has 0 bridgehead atoms. The third-order valence-electron chi connectivity index (χ3n) is 1.74. The summed E-state index contributed by atoms with van der Waals surface area (Å²) in [5.74, 6) is -1.90. The van der Waals surface area contributed by atoms with Crippen molar-refractivity contribution in [1.29, 1.82) is 0 Å². The van der Waals surface area contributed by atoms with Crippen LogP contribution >= 0.6 is 23.2 Å². The van der Waals surface area contributed by atoms with Crippen molar-refractivity contribution in [3.63, 3.8) is 0 Å². The van der Waals surface area contributed by atoms with E-state index in [2.05, 4.69) is 0 Å². The lowest BCUT2D eigenvalue weighted by Crippen LogP contribution is -2.12. The van der Waals surface area contributed by atoms with Crippen LogP contribution in [0.15, 0.2) is 30.0 Å². The number of ketones is 1. The number of hydrogen-bond acceptors (Lipinski definition) is 3. The van der Waals surface area contributed by atoms with Crippen molar-refractivity contribution >= 4 is 35.0 Å². The predicted molar refractivity (Wildman–Crippen MR) is 60.7 cm³/mol. The van der Waals surface area contributed by atoms with Gasteiger partial charge in [-0.25, -0.2) is 4.79 Å². The minimum atomic E-state index is -1.35. The van der Waals surface area contributed by atoms with Gasteiger partial charge in [0, 0.05) is 11.6 Å². The molecule has 6 heteroatoms. The van der Waals surface area contributed by atoms with Gasteiger partial charge in [0.1, 0.15) is 5.70 Å². The van der Waals surface area contributed by atoms with E-state index in [1.54, 1.807) is 0 Å². The molecule has 0 aliphatic rings. The second-order valence-corrected chi connectivity index (χ2v) is 3.71. The van der Waals surface area contributed by atoms with Crippen molar-refractivity contribution in [2.45, 2.75) is 0 Å². The van der Waals surface area contributed by atoms with Gasteiger partial charge in [-0.05, 0) is 18.2 Å². The van der Waals surface area contributed by atoms with E-state index in [0.29, 0.717) is 5.02 Å². The number of benzene rings is 1. The first kappa shape index (κ1) is 12.5. The average molecular weight is 260 g/mol. The zero-order valence-electron chi connectivity index (χ0n) is 7.91. The van der Waals surface area contributed by atoms with Crippen LogP contribution in [0.2, 0.25) is 10.0 Å². The molecule has 0 aliphatic heterocycles. The first-order valence-corrected chi connectivity index (χ1v) is 4.87. The minimum Gasteiger partial charge on any atom is -0.477 e. The first-order chi connectivity index (χ1) is 7.41. The lowest BCUT2D eigenvalue weighted by Gasteiger charge is -1.99. The molecule has 0 saturated heterocycles. The Morgan fingerprint density at radius 1 is 1.25 bits per heavy atom. The molecule has 1 aromatic rings. The van der Waals surface area contributed by atoms with E-state index < -0.39 is 17.4 Å². The second kappa shape index (κ2) is 5.01. The summed E-state index contributed by atoms with van der Waals surface area (Å²) in [6.07, 6.45) is 0.821. The van der Waals surface area contributed by atoms with E-state index in [1.807, 2.05) is 0 Å². The number of hydrogen-bond donors (Lipinski definition) is 2. The van der Waals surface area contributed by atoms with E-state index in [-0.39, 0.29) is 10.6 Å². The van der Waals surface area contributed by atoms with Gasteiger partial charge in [0.05, 0.1) is 10.0 Å². The standard InChI is InChI=1S/C10H7Cl2NO3/c11-6-2-1-5(3-7(6)12)9(14)4-8(13)10(15)16/h1-4H,13H2,(H,15,16)/b8-4+. The Morgan fingerprint density at radius 2 is 1.88 bits per heavy atom. The van der Waals surface area contributed by atoms with E-state index >= 15 is 0 Å². The third kappa shape index (κ3) is 2.98. The fourth-order valence-corrected chi connectivity index (χ4v) is 1.23. The number of carboxylic acids is 1. The topological polar surface area (TPSA) is 80.4 Å². The van der Waals surface area contributed by atoms with Crippen LogP contribution in [0.25, 0.3) is 0 Å². The Kier molecular flexibility index (Phi) is 3.93. The van der Waals surface area contributed by atoms with Crippen LogP contribution in [-0.4, -0.2) is 16.9 Å². The van der Waals surface area contributed by atoms with Crippen LogP contribution in [0.1, 0.15) is 10.4 Å². The van der Waals surface area contributed by atoms with E-state index in [9.17, 15) is 9.59 Å². The van der Waals surface area contributed by atoms with Crippen LogP contribution in [0.4, 0.5) is 0 Å². The highest BCUT2D eigenvalue weighted by Gasteiger charge is 2.09. The predicted octanol–water partition coefficient (Wildman–Crippen LogP) is 2.10. The molecule has 3 N–H and O–H groups in total. The molecule has 1 aromatic carbocycles. The molecule has 0 spiro atoms. The Morgan fingerprint density at radius 3 is 2.38 bits per heavy atom. The summed E-state index contributed by atoms with van der Waals surface area (Å²) in [7, 11) is 0. The number of aliphatic carboxylic acids is 1. The molecule has 4 nitrogen and oxygen atoms in total. The van der Waals surface area contributed by atoms with Crippen molar-refractivity contribution in [1.82, 2.24) is 0 Å². The maximum absolute atomic E-state index is 11.5. The number of carbonyl (C=O) groups is 2. The Labute approximate surface area is 101 Å². The molecule has 0 unspecified atom stereocenters. The Hall–Kier alpha value is -1.52. The summed E-state index contributed by atoms with van der Waals surface area (Å²) < 4.78 is 0. The van der Waals surface area contributed by atoms with Crippen LogP contribution in [0.3, 0.4) is 0 Å². The highest BCUT2D eigenvalue weighted by atomic mass is 35.5. The fourth-order valence-electron chi connectivity index (χ4n) is 0.936. The largest absolute Gasteiger partial charge is 0.477 e. The van der Waals surface area contributed by atoms with Crippen LogP contribution in [0, 0.1) is 0 Å². The fraction of sp³-hybridized carbons (Fsp3) is 0. The SMILES string of the molecule is N/C(=C/C(=O)c1ccc(Cl)c(Cl)c1)C(=O)O. The Balaban J connectivity index is 3.02. The summed E-state index contributed by atoms with van der Waals surface area (Å²) >= 11 is 11.4. The highest BCUT2D eigenvalue weighted by Crippen LogP contribution is 2.22. The van der Waals surface area contributed by atoms with Gasteiger partial charge in [0.25, 0.3) is 0 Å². The summed E-state index contributed by atoms with van der Waals surface area (Å²) in [4.78, 5) is 21.9. The van der Waals surface area contributed by atoms with Crippen LogP contribution < -0.4 is 5.73 Å². The molecule has 0 amide bonds. The van der Waals surface area contributed by atoms with Gasteiger partial charge in [-0.3, -0.25) is 4.79 Å². The zero-order valence-corrected chi connectivity index (χ0v) is 9.42. The number of allylic oxidation sites excluding steroid dienone is 1. The van der Waals surface area contributed by atoms with Crippen LogP contribution in [0.5, 0.6) is 0 Å². The highest BCUT2D eigenvalue weighted by molar-refractivity contribution is 6.42. The maximum atomic E-state index is 11.5. The molecular weight excluding hydrogens is 253 g/mol. The molecule has 0 saturated carbocycles.